The highest BCUT2D eigenvalue weighted by atomic mass is 16.1. The highest BCUT2D eigenvalue weighted by Crippen LogP contribution is 2.22. The van der Waals surface area contributed by atoms with Gasteiger partial charge < -0.3 is 16.0 Å². The molecule has 98 valence electrons. The summed E-state index contributed by atoms with van der Waals surface area (Å²) >= 11 is 0. The average Bonchev–Trinajstić information content (AvgIpc) is 2.82. The average molecular weight is 239 g/mol. The van der Waals surface area contributed by atoms with Crippen LogP contribution >= 0.6 is 0 Å². The molecule has 1 aliphatic heterocycles. The predicted molar refractivity (Wildman–Crippen MR) is 68.6 cm³/mol. The third kappa shape index (κ3) is 3.68. The summed E-state index contributed by atoms with van der Waals surface area (Å²) in [5.74, 6) is 0.235. The van der Waals surface area contributed by atoms with Gasteiger partial charge in [0.05, 0.1) is 5.92 Å². The molecule has 4 heteroatoms. The molecule has 1 aliphatic carbocycles. The van der Waals surface area contributed by atoms with E-state index < -0.39 is 0 Å². The number of rotatable bonds is 4. The van der Waals surface area contributed by atoms with Gasteiger partial charge in [-0.1, -0.05) is 12.8 Å². The first-order chi connectivity index (χ1) is 8.27. The summed E-state index contributed by atoms with van der Waals surface area (Å²) in [6, 6.07) is 0.0792. The van der Waals surface area contributed by atoms with Gasteiger partial charge in [-0.05, 0) is 38.8 Å². The van der Waals surface area contributed by atoms with E-state index >= 15 is 0 Å². The van der Waals surface area contributed by atoms with Gasteiger partial charge in [-0.2, -0.15) is 0 Å². The van der Waals surface area contributed by atoms with Gasteiger partial charge in [0.15, 0.2) is 0 Å². The SMILES string of the molecule is NC1CCCCC1C(=O)NCCN1CCCC1. The largest absolute Gasteiger partial charge is 0.355 e. The zero-order chi connectivity index (χ0) is 12.1. The van der Waals surface area contributed by atoms with Crippen molar-refractivity contribution in [1.29, 1.82) is 0 Å². The molecule has 2 atom stereocenters. The molecule has 1 saturated heterocycles. The van der Waals surface area contributed by atoms with E-state index in [0.717, 1.165) is 32.4 Å². The molecule has 2 unspecified atom stereocenters. The first-order valence-corrected chi connectivity index (χ1v) is 7.03. The Balaban J connectivity index is 1.65. The van der Waals surface area contributed by atoms with Crippen molar-refractivity contribution in [3.8, 4) is 0 Å². The number of nitrogens with zero attached hydrogens (tertiary/aromatic N) is 1. The maximum atomic E-state index is 12.0. The van der Waals surface area contributed by atoms with Crippen LogP contribution in [0.2, 0.25) is 0 Å². The molecule has 2 aliphatic rings. The number of amides is 1. The number of hydrogen-bond acceptors (Lipinski definition) is 3. The first kappa shape index (κ1) is 12.8. The first-order valence-electron chi connectivity index (χ1n) is 7.03. The second-order valence-electron chi connectivity index (χ2n) is 5.39. The summed E-state index contributed by atoms with van der Waals surface area (Å²) in [6.07, 6.45) is 6.92. The molecule has 1 saturated carbocycles. The highest BCUT2D eigenvalue weighted by molar-refractivity contribution is 5.79. The quantitative estimate of drug-likeness (QED) is 0.760. The minimum atomic E-state index is 0.0577. The molecule has 1 heterocycles. The second-order valence-corrected chi connectivity index (χ2v) is 5.39. The van der Waals surface area contributed by atoms with E-state index in [-0.39, 0.29) is 17.9 Å². The molecule has 17 heavy (non-hydrogen) atoms. The summed E-state index contributed by atoms with van der Waals surface area (Å²) in [5.41, 5.74) is 6.00. The lowest BCUT2D eigenvalue weighted by molar-refractivity contribution is -0.126. The number of nitrogens with one attached hydrogen (secondary N) is 1. The van der Waals surface area contributed by atoms with Crippen LogP contribution < -0.4 is 11.1 Å². The predicted octanol–water partition coefficient (Wildman–Crippen LogP) is 0.716. The lowest BCUT2D eigenvalue weighted by Gasteiger charge is -2.27. The lowest BCUT2D eigenvalue weighted by atomic mass is 9.84. The lowest BCUT2D eigenvalue weighted by Crippen LogP contribution is -2.45. The van der Waals surface area contributed by atoms with Crippen LogP contribution in [0.3, 0.4) is 0 Å². The van der Waals surface area contributed by atoms with E-state index in [4.69, 9.17) is 5.73 Å². The van der Waals surface area contributed by atoms with E-state index in [0.29, 0.717) is 0 Å². The van der Waals surface area contributed by atoms with E-state index in [9.17, 15) is 4.79 Å². The molecule has 0 aromatic heterocycles. The van der Waals surface area contributed by atoms with E-state index in [1.165, 1.54) is 32.4 Å². The Labute approximate surface area is 104 Å². The summed E-state index contributed by atoms with van der Waals surface area (Å²) in [4.78, 5) is 14.4. The van der Waals surface area contributed by atoms with Gasteiger partial charge in [-0.15, -0.1) is 0 Å². The number of carbonyl (C=O) groups excluding carboxylic acids is 1. The van der Waals surface area contributed by atoms with Crippen molar-refractivity contribution in [2.24, 2.45) is 11.7 Å². The van der Waals surface area contributed by atoms with Crippen molar-refractivity contribution in [2.75, 3.05) is 26.2 Å². The third-order valence-electron chi connectivity index (χ3n) is 4.08. The zero-order valence-electron chi connectivity index (χ0n) is 10.7. The second kappa shape index (κ2) is 6.36. The highest BCUT2D eigenvalue weighted by Gasteiger charge is 2.27. The van der Waals surface area contributed by atoms with Crippen molar-refractivity contribution < 1.29 is 4.79 Å². The van der Waals surface area contributed by atoms with Crippen molar-refractivity contribution in [3.63, 3.8) is 0 Å². The minimum Gasteiger partial charge on any atom is -0.355 e. The summed E-state index contributed by atoms with van der Waals surface area (Å²) < 4.78 is 0. The van der Waals surface area contributed by atoms with Crippen molar-refractivity contribution in [1.82, 2.24) is 10.2 Å². The number of likely N-dealkylation sites (tertiary alicyclic amines) is 1. The van der Waals surface area contributed by atoms with Gasteiger partial charge >= 0.3 is 0 Å². The molecular formula is C13H25N3O. The summed E-state index contributed by atoms with van der Waals surface area (Å²) in [5, 5.41) is 3.05. The molecule has 4 nitrogen and oxygen atoms in total. The Morgan fingerprint density at radius 1 is 1.18 bits per heavy atom. The molecule has 0 radical (unpaired) electrons. The van der Waals surface area contributed by atoms with Gasteiger partial charge in [0.2, 0.25) is 5.91 Å². The molecule has 1 amide bonds. The third-order valence-corrected chi connectivity index (χ3v) is 4.08. The van der Waals surface area contributed by atoms with Crippen LogP contribution in [0.5, 0.6) is 0 Å². The van der Waals surface area contributed by atoms with Crippen LogP contribution in [0.1, 0.15) is 38.5 Å². The van der Waals surface area contributed by atoms with Gasteiger partial charge in [0.1, 0.15) is 0 Å². The van der Waals surface area contributed by atoms with Crippen molar-refractivity contribution in [3.05, 3.63) is 0 Å². The Bertz CT molecular complexity index is 251. The van der Waals surface area contributed by atoms with Gasteiger partial charge in [-0.25, -0.2) is 0 Å². The zero-order valence-corrected chi connectivity index (χ0v) is 10.7. The Morgan fingerprint density at radius 2 is 1.88 bits per heavy atom. The Hall–Kier alpha value is -0.610. The number of carbonyl (C=O) groups is 1. The van der Waals surface area contributed by atoms with E-state index in [1.807, 2.05) is 0 Å². The van der Waals surface area contributed by atoms with Crippen LogP contribution in [-0.4, -0.2) is 43.0 Å². The van der Waals surface area contributed by atoms with Crippen LogP contribution in [0.4, 0.5) is 0 Å². The maximum absolute atomic E-state index is 12.0. The molecule has 0 spiro atoms. The standard InChI is InChI=1S/C13H25N3O/c14-12-6-2-1-5-11(12)13(17)15-7-10-16-8-3-4-9-16/h11-12H,1-10,14H2,(H,15,17). The van der Waals surface area contributed by atoms with Gasteiger partial charge in [0.25, 0.3) is 0 Å². The minimum absolute atomic E-state index is 0.0577. The van der Waals surface area contributed by atoms with E-state index in [2.05, 4.69) is 10.2 Å². The Morgan fingerprint density at radius 3 is 2.59 bits per heavy atom. The normalized spacial score (nSPS) is 30.4. The fourth-order valence-corrected chi connectivity index (χ4v) is 2.96. The maximum Gasteiger partial charge on any atom is 0.224 e. The Kier molecular flexibility index (Phi) is 4.80. The molecule has 0 bridgehead atoms. The topological polar surface area (TPSA) is 58.4 Å². The smallest absolute Gasteiger partial charge is 0.224 e. The van der Waals surface area contributed by atoms with Crippen LogP contribution in [0.15, 0.2) is 0 Å². The molecule has 0 aromatic carbocycles. The fraction of sp³-hybridized carbons (Fsp3) is 0.923. The molecule has 0 aromatic rings. The molecule has 2 fully saturated rings. The van der Waals surface area contributed by atoms with Crippen LogP contribution in [0, 0.1) is 5.92 Å². The summed E-state index contributed by atoms with van der Waals surface area (Å²) in [7, 11) is 0. The summed E-state index contributed by atoms with van der Waals surface area (Å²) in [6.45, 7) is 4.16. The monoisotopic (exact) mass is 239 g/mol. The van der Waals surface area contributed by atoms with Gasteiger partial charge in [-0.3, -0.25) is 4.79 Å². The van der Waals surface area contributed by atoms with Crippen LogP contribution in [-0.2, 0) is 4.79 Å². The molecule has 3 N–H and O–H groups in total. The van der Waals surface area contributed by atoms with Gasteiger partial charge in [0, 0.05) is 19.1 Å². The fourth-order valence-electron chi connectivity index (χ4n) is 2.96. The number of nitrogens with two attached hydrogens (primary N) is 1. The number of hydrogen-bond donors (Lipinski definition) is 2. The van der Waals surface area contributed by atoms with E-state index in [1.54, 1.807) is 0 Å². The van der Waals surface area contributed by atoms with Crippen LogP contribution in [0.25, 0.3) is 0 Å². The molecular weight excluding hydrogens is 214 g/mol. The van der Waals surface area contributed by atoms with Crippen molar-refractivity contribution in [2.45, 2.75) is 44.6 Å². The molecule has 2 rings (SSSR count). The van der Waals surface area contributed by atoms with Crippen molar-refractivity contribution >= 4 is 5.91 Å².